The Morgan fingerprint density at radius 2 is 1.33 bits per heavy atom. The Hall–Kier alpha value is -0.200. The minimum absolute atomic E-state index is 0.0463. The molecule has 0 spiro atoms. The molecule has 0 aliphatic carbocycles. The standard InChI is InChI=1S/C19H38O5/c1-2-3-4-5-6-7-8-9-10-11-12-13-23-15-17-19(22)18(21)16(20)14-24-17/h16-22H,2-15H2,1H3/t16-,17+,18+,19+/m1/s1. The van der Waals surface area contributed by atoms with E-state index in [0.717, 1.165) is 6.42 Å². The van der Waals surface area contributed by atoms with Gasteiger partial charge in [-0.15, -0.1) is 0 Å². The number of hydrogen-bond donors (Lipinski definition) is 3. The number of aliphatic hydroxyl groups is 3. The van der Waals surface area contributed by atoms with Crippen molar-refractivity contribution in [1.82, 2.24) is 0 Å². The second-order valence-corrected chi connectivity index (χ2v) is 7.03. The number of unbranched alkanes of at least 4 members (excludes halogenated alkanes) is 10. The fraction of sp³-hybridized carbons (Fsp3) is 1.00. The number of ether oxygens (including phenoxy) is 2. The molecule has 0 unspecified atom stereocenters. The minimum Gasteiger partial charge on any atom is -0.388 e. The molecule has 0 radical (unpaired) electrons. The van der Waals surface area contributed by atoms with Crippen molar-refractivity contribution in [3.05, 3.63) is 0 Å². The fourth-order valence-electron chi connectivity index (χ4n) is 3.08. The second-order valence-electron chi connectivity index (χ2n) is 7.03. The SMILES string of the molecule is CCCCCCCCCCCCCOC[C@@H]1OC[C@@H](O)[C@H](O)[C@H]1O. The van der Waals surface area contributed by atoms with Crippen LogP contribution in [0, 0.1) is 0 Å². The molecule has 1 aliphatic heterocycles. The van der Waals surface area contributed by atoms with Gasteiger partial charge in [0, 0.05) is 6.61 Å². The van der Waals surface area contributed by atoms with E-state index in [2.05, 4.69) is 6.92 Å². The molecule has 1 heterocycles. The van der Waals surface area contributed by atoms with E-state index in [1.165, 1.54) is 64.2 Å². The molecule has 5 heteroatoms. The van der Waals surface area contributed by atoms with Crippen molar-refractivity contribution < 1.29 is 24.8 Å². The first-order chi connectivity index (χ1) is 11.7. The van der Waals surface area contributed by atoms with Crippen LogP contribution in [-0.4, -0.2) is 59.6 Å². The van der Waals surface area contributed by atoms with Gasteiger partial charge in [0.05, 0.1) is 13.2 Å². The van der Waals surface area contributed by atoms with Crippen LogP contribution in [0.2, 0.25) is 0 Å². The number of rotatable bonds is 14. The summed E-state index contributed by atoms with van der Waals surface area (Å²) in [6.45, 7) is 3.22. The zero-order valence-corrected chi connectivity index (χ0v) is 15.4. The van der Waals surface area contributed by atoms with Crippen molar-refractivity contribution in [2.24, 2.45) is 0 Å². The van der Waals surface area contributed by atoms with Gasteiger partial charge in [-0.3, -0.25) is 0 Å². The van der Waals surface area contributed by atoms with Gasteiger partial charge in [-0.1, -0.05) is 71.1 Å². The highest BCUT2D eigenvalue weighted by molar-refractivity contribution is 4.86. The van der Waals surface area contributed by atoms with Crippen molar-refractivity contribution in [3.8, 4) is 0 Å². The van der Waals surface area contributed by atoms with Crippen molar-refractivity contribution in [3.63, 3.8) is 0 Å². The molecule has 1 aliphatic rings. The van der Waals surface area contributed by atoms with Crippen LogP contribution in [0.1, 0.15) is 77.6 Å². The second kappa shape index (κ2) is 14.0. The summed E-state index contributed by atoms with van der Waals surface area (Å²) in [5.41, 5.74) is 0. The van der Waals surface area contributed by atoms with E-state index in [1.807, 2.05) is 0 Å². The van der Waals surface area contributed by atoms with Gasteiger partial charge in [0.15, 0.2) is 0 Å². The quantitative estimate of drug-likeness (QED) is 0.422. The molecule has 1 saturated heterocycles. The molecule has 0 aromatic carbocycles. The van der Waals surface area contributed by atoms with E-state index in [4.69, 9.17) is 9.47 Å². The Morgan fingerprint density at radius 3 is 1.92 bits per heavy atom. The van der Waals surface area contributed by atoms with Gasteiger partial charge < -0.3 is 24.8 Å². The average Bonchev–Trinajstić information content (AvgIpc) is 2.58. The van der Waals surface area contributed by atoms with E-state index >= 15 is 0 Å². The molecule has 0 bridgehead atoms. The summed E-state index contributed by atoms with van der Waals surface area (Å²) in [5.74, 6) is 0. The summed E-state index contributed by atoms with van der Waals surface area (Å²) >= 11 is 0. The Bertz CT molecular complexity index is 287. The Labute approximate surface area is 147 Å². The van der Waals surface area contributed by atoms with E-state index in [9.17, 15) is 15.3 Å². The predicted octanol–water partition coefficient (Wildman–Crippen LogP) is 2.80. The topological polar surface area (TPSA) is 79.2 Å². The van der Waals surface area contributed by atoms with E-state index in [-0.39, 0.29) is 13.2 Å². The molecule has 1 rings (SSSR count). The minimum atomic E-state index is -1.14. The zero-order chi connectivity index (χ0) is 17.6. The number of hydrogen-bond acceptors (Lipinski definition) is 5. The molecule has 0 aromatic heterocycles. The van der Waals surface area contributed by atoms with Gasteiger partial charge in [-0.2, -0.15) is 0 Å². The summed E-state index contributed by atoms with van der Waals surface area (Å²) < 4.78 is 10.8. The first-order valence-corrected chi connectivity index (χ1v) is 9.90. The highest BCUT2D eigenvalue weighted by Crippen LogP contribution is 2.16. The molecule has 24 heavy (non-hydrogen) atoms. The first-order valence-electron chi connectivity index (χ1n) is 9.90. The van der Waals surface area contributed by atoms with Crippen LogP contribution in [-0.2, 0) is 9.47 Å². The first kappa shape index (κ1) is 21.8. The molecule has 5 nitrogen and oxygen atoms in total. The molecule has 0 amide bonds. The molecule has 3 N–H and O–H groups in total. The normalized spacial score (nSPS) is 27.5. The maximum atomic E-state index is 9.78. The van der Waals surface area contributed by atoms with E-state index in [0.29, 0.717) is 6.61 Å². The third kappa shape index (κ3) is 9.33. The molecule has 4 atom stereocenters. The van der Waals surface area contributed by atoms with Crippen molar-refractivity contribution in [2.45, 2.75) is 102 Å². The Balaban J connectivity index is 1.84. The lowest BCUT2D eigenvalue weighted by molar-refractivity contribution is -0.199. The van der Waals surface area contributed by atoms with Gasteiger partial charge in [0.1, 0.15) is 24.4 Å². The molecular weight excluding hydrogens is 308 g/mol. The molecule has 144 valence electrons. The maximum absolute atomic E-state index is 9.78. The van der Waals surface area contributed by atoms with Crippen molar-refractivity contribution >= 4 is 0 Å². The maximum Gasteiger partial charge on any atom is 0.111 e. The summed E-state index contributed by atoms with van der Waals surface area (Å²) in [5, 5.41) is 28.7. The lowest BCUT2D eigenvalue weighted by atomic mass is 10.0. The van der Waals surface area contributed by atoms with Gasteiger partial charge >= 0.3 is 0 Å². The van der Waals surface area contributed by atoms with Crippen LogP contribution in [0.25, 0.3) is 0 Å². The van der Waals surface area contributed by atoms with Gasteiger partial charge in [0.25, 0.3) is 0 Å². The lowest BCUT2D eigenvalue weighted by Crippen LogP contribution is -2.54. The zero-order valence-electron chi connectivity index (χ0n) is 15.4. The van der Waals surface area contributed by atoms with E-state index < -0.39 is 24.4 Å². The molecule has 0 aromatic rings. The highest BCUT2D eigenvalue weighted by atomic mass is 16.6. The Kier molecular flexibility index (Phi) is 12.8. The summed E-state index contributed by atoms with van der Waals surface area (Å²) in [6, 6.07) is 0. The third-order valence-corrected chi connectivity index (χ3v) is 4.78. The third-order valence-electron chi connectivity index (χ3n) is 4.78. The van der Waals surface area contributed by atoms with Crippen molar-refractivity contribution in [2.75, 3.05) is 19.8 Å². The van der Waals surface area contributed by atoms with Crippen LogP contribution >= 0.6 is 0 Å². The average molecular weight is 347 g/mol. The van der Waals surface area contributed by atoms with Crippen LogP contribution in [0.5, 0.6) is 0 Å². The molecule has 0 saturated carbocycles. The smallest absolute Gasteiger partial charge is 0.111 e. The largest absolute Gasteiger partial charge is 0.388 e. The van der Waals surface area contributed by atoms with Crippen LogP contribution in [0.15, 0.2) is 0 Å². The predicted molar refractivity (Wildman–Crippen MR) is 95.0 cm³/mol. The summed E-state index contributed by atoms with van der Waals surface area (Å²) in [6.07, 6.45) is 10.5. The number of aliphatic hydroxyl groups excluding tert-OH is 3. The van der Waals surface area contributed by atoms with Crippen molar-refractivity contribution in [1.29, 1.82) is 0 Å². The van der Waals surface area contributed by atoms with Crippen LogP contribution in [0.3, 0.4) is 0 Å². The Morgan fingerprint density at radius 1 is 0.792 bits per heavy atom. The molecule has 1 fully saturated rings. The molecular formula is C19H38O5. The van der Waals surface area contributed by atoms with Crippen LogP contribution in [0.4, 0.5) is 0 Å². The van der Waals surface area contributed by atoms with E-state index in [1.54, 1.807) is 0 Å². The monoisotopic (exact) mass is 346 g/mol. The fourth-order valence-corrected chi connectivity index (χ4v) is 3.08. The van der Waals surface area contributed by atoms with Gasteiger partial charge in [-0.05, 0) is 6.42 Å². The van der Waals surface area contributed by atoms with Gasteiger partial charge in [-0.25, -0.2) is 0 Å². The van der Waals surface area contributed by atoms with Gasteiger partial charge in [0.2, 0.25) is 0 Å². The highest BCUT2D eigenvalue weighted by Gasteiger charge is 2.37. The lowest BCUT2D eigenvalue weighted by Gasteiger charge is -2.35. The summed E-state index contributed by atoms with van der Waals surface area (Å²) in [4.78, 5) is 0. The summed E-state index contributed by atoms with van der Waals surface area (Å²) in [7, 11) is 0. The van der Waals surface area contributed by atoms with Crippen LogP contribution < -0.4 is 0 Å².